The van der Waals surface area contributed by atoms with Gasteiger partial charge in [-0.1, -0.05) is 31.4 Å². The molecule has 1 atom stereocenters. The monoisotopic (exact) mass is 420 g/mol. The number of thioether (sulfide) groups is 1. The maximum absolute atomic E-state index is 12.2. The third-order valence-electron chi connectivity index (χ3n) is 4.82. The fourth-order valence-electron chi connectivity index (χ4n) is 3.13. The molecule has 3 amide bonds. The van der Waals surface area contributed by atoms with Crippen molar-refractivity contribution in [3.8, 4) is 0 Å². The zero-order valence-electron chi connectivity index (χ0n) is 16.9. The first-order valence-corrected chi connectivity index (χ1v) is 11.1. The first kappa shape index (κ1) is 22.9. The van der Waals surface area contributed by atoms with Crippen molar-refractivity contribution < 1.29 is 23.9 Å². The van der Waals surface area contributed by atoms with Gasteiger partial charge in [-0.05, 0) is 38.2 Å². The zero-order valence-corrected chi connectivity index (χ0v) is 17.7. The third-order valence-corrected chi connectivity index (χ3v) is 5.57. The number of carbonyl (C=O) groups excluding carboxylic acids is 4. The second kappa shape index (κ2) is 11.6. The lowest BCUT2D eigenvalue weighted by molar-refractivity contribution is -0.154. The van der Waals surface area contributed by atoms with Gasteiger partial charge < -0.3 is 10.1 Å². The van der Waals surface area contributed by atoms with Crippen molar-refractivity contribution in [1.29, 1.82) is 0 Å². The quantitative estimate of drug-likeness (QED) is 0.379. The second-order valence-corrected chi connectivity index (χ2v) is 7.96. The van der Waals surface area contributed by atoms with Gasteiger partial charge in [-0.15, -0.1) is 11.8 Å². The molecule has 8 heteroatoms. The van der Waals surface area contributed by atoms with Crippen molar-refractivity contribution in [2.45, 2.75) is 68.9 Å². The van der Waals surface area contributed by atoms with Crippen LogP contribution in [0.25, 0.3) is 0 Å². The normalized spacial score (nSPS) is 15.2. The lowest BCUT2D eigenvalue weighted by atomic mass is 9.96. The van der Waals surface area contributed by atoms with Crippen LogP contribution in [0, 0.1) is 0 Å². The predicted octanol–water partition coefficient (Wildman–Crippen LogP) is 3.46. The number of ether oxygens (including phenoxy) is 1. The summed E-state index contributed by atoms with van der Waals surface area (Å²) in [5.41, 5.74) is 0.528. The van der Waals surface area contributed by atoms with Crippen LogP contribution < -0.4 is 10.6 Å². The molecule has 0 saturated heterocycles. The van der Waals surface area contributed by atoms with Gasteiger partial charge in [0.05, 0.1) is 6.42 Å². The van der Waals surface area contributed by atoms with Crippen LogP contribution in [0.2, 0.25) is 0 Å². The van der Waals surface area contributed by atoms with Gasteiger partial charge in [-0.3, -0.25) is 19.7 Å². The molecule has 0 aromatic heterocycles. The molecular weight excluding hydrogens is 392 g/mol. The Labute approximate surface area is 175 Å². The van der Waals surface area contributed by atoms with E-state index in [4.69, 9.17) is 4.74 Å². The maximum atomic E-state index is 12.2. The van der Waals surface area contributed by atoms with Crippen LogP contribution in [0.4, 0.5) is 4.79 Å². The van der Waals surface area contributed by atoms with Crippen LogP contribution >= 0.6 is 11.8 Å². The van der Waals surface area contributed by atoms with Crippen molar-refractivity contribution in [1.82, 2.24) is 10.6 Å². The van der Waals surface area contributed by atoms with E-state index >= 15 is 0 Å². The topological polar surface area (TPSA) is 102 Å². The number of carbonyl (C=O) groups is 4. The number of Topliss-reactive ketones (excluding diaryl/α,β-unsaturated/α-hetero) is 1. The van der Waals surface area contributed by atoms with Crippen LogP contribution in [-0.2, 0) is 14.3 Å². The smallest absolute Gasteiger partial charge is 0.321 e. The Hall–Kier alpha value is -2.35. The predicted molar refractivity (Wildman–Crippen MR) is 111 cm³/mol. The molecule has 7 nitrogen and oxygen atoms in total. The molecule has 0 unspecified atom stereocenters. The van der Waals surface area contributed by atoms with Gasteiger partial charge in [0.1, 0.15) is 0 Å². The van der Waals surface area contributed by atoms with Crippen LogP contribution in [0.1, 0.15) is 62.2 Å². The minimum atomic E-state index is -1.12. The van der Waals surface area contributed by atoms with E-state index in [1.807, 2.05) is 18.4 Å². The van der Waals surface area contributed by atoms with Crippen LogP contribution in [-0.4, -0.2) is 42.1 Å². The van der Waals surface area contributed by atoms with Crippen molar-refractivity contribution in [3.63, 3.8) is 0 Å². The van der Waals surface area contributed by atoms with E-state index in [2.05, 4.69) is 10.6 Å². The number of urea groups is 1. The second-order valence-electron chi connectivity index (χ2n) is 7.08. The number of imide groups is 1. The summed E-state index contributed by atoms with van der Waals surface area (Å²) in [7, 11) is 0. The molecule has 1 aromatic carbocycles. The Kier molecular flexibility index (Phi) is 9.18. The number of benzene rings is 1. The summed E-state index contributed by atoms with van der Waals surface area (Å²) in [6.45, 7) is 1.39. The minimum absolute atomic E-state index is 0.00600. The molecule has 2 rings (SSSR count). The van der Waals surface area contributed by atoms with Crippen LogP contribution in [0.3, 0.4) is 0 Å². The van der Waals surface area contributed by atoms with Crippen molar-refractivity contribution in [2.75, 3.05) is 6.26 Å². The molecule has 1 aromatic rings. The lowest BCUT2D eigenvalue weighted by Gasteiger charge is -2.23. The molecule has 0 aliphatic heterocycles. The van der Waals surface area contributed by atoms with E-state index < -0.39 is 24.0 Å². The fourth-order valence-corrected chi connectivity index (χ4v) is 3.54. The molecular formula is C21H28N2O5S. The molecule has 0 spiro atoms. The number of ketones is 1. The highest BCUT2D eigenvalue weighted by molar-refractivity contribution is 7.98. The maximum Gasteiger partial charge on any atom is 0.321 e. The minimum Gasteiger partial charge on any atom is -0.453 e. The van der Waals surface area contributed by atoms with Crippen molar-refractivity contribution in [3.05, 3.63) is 29.8 Å². The Morgan fingerprint density at radius 2 is 1.72 bits per heavy atom. The highest BCUT2D eigenvalue weighted by Crippen LogP contribution is 2.17. The van der Waals surface area contributed by atoms with Gasteiger partial charge in [0.2, 0.25) is 0 Å². The number of rotatable bonds is 8. The summed E-state index contributed by atoms with van der Waals surface area (Å²) in [6, 6.07) is 6.64. The average Bonchev–Trinajstić information content (AvgIpc) is 2.72. The molecule has 1 fully saturated rings. The number of amides is 3. The number of hydrogen-bond acceptors (Lipinski definition) is 6. The molecule has 1 aliphatic carbocycles. The molecule has 0 bridgehead atoms. The van der Waals surface area contributed by atoms with Gasteiger partial charge in [0.15, 0.2) is 11.9 Å². The standard InChI is InChI=1S/C21H28N2O5S/c1-14(20(26)23-21(27)22-16-6-4-3-5-7-16)28-19(25)13-12-18(24)15-8-10-17(29-2)11-9-15/h8-11,14,16H,3-7,12-13H2,1-2H3,(H2,22,23,26,27)/t14-/m1/s1. The van der Waals surface area contributed by atoms with E-state index in [-0.39, 0.29) is 24.7 Å². The Bertz CT molecular complexity index is 729. The van der Waals surface area contributed by atoms with Gasteiger partial charge >= 0.3 is 12.0 Å². The number of esters is 1. The summed E-state index contributed by atoms with van der Waals surface area (Å²) >= 11 is 1.58. The van der Waals surface area contributed by atoms with Crippen molar-refractivity contribution >= 4 is 35.5 Å². The van der Waals surface area contributed by atoms with Crippen LogP contribution in [0.15, 0.2) is 29.2 Å². The molecule has 1 saturated carbocycles. The van der Waals surface area contributed by atoms with Crippen LogP contribution in [0.5, 0.6) is 0 Å². The SMILES string of the molecule is CSc1ccc(C(=O)CCC(=O)O[C@H](C)C(=O)NC(=O)NC2CCCCC2)cc1. The van der Waals surface area contributed by atoms with Crippen molar-refractivity contribution in [2.24, 2.45) is 0 Å². The first-order valence-electron chi connectivity index (χ1n) is 9.87. The zero-order chi connectivity index (χ0) is 21.2. The molecule has 1 aliphatic rings. The summed E-state index contributed by atoms with van der Waals surface area (Å²) in [5.74, 6) is -1.52. The first-order chi connectivity index (χ1) is 13.9. The highest BCUT2D eigenvalue weighted by atomic mass is 32.2. The molecule has 2 N–H and O–H groups in total. The summed E-state index contributed by atoms with van der Waals surface area (Å²) < 4.78 is 5.04. The average molecular weight is 421 g/mol. The van der Waals surface area contributed by atoms with Gasteiger partial charge in [-0.25, -0.2) is 4.79 Å². The molecule has 29 heavy (non-hydrogen) atoms. The third kappa shape index (κ3) is 7.89. The largest absolute Gasteiger partial charge is 0.453 e. The highest BCUT2D eigenvalue weighted by Gasteiger charge is 2.22. The number of hydrogen-bond donors (Lipinski definition) is 2. The van der Waals surface area contributed by atoms with E-state index in [9.17, 15) is 19.2 Å². The van der Waals surface area contributed by atoms with Gasteiger partial charge in [0, 0.05) is 22.9 Å². The van der Waals surface area contributed by atoms with Gasteiger partial charge in [-0.2, -0.15) is 0 Å². The fraction of sp³-hybridized carbons (Fsp3) is 0.524. The van der Waals surface area contributed by atoms with E-state index in [1.54, 1.807) is 23.9 Å². The molecule has 0 radical (unpaired) electrons. The van der Waals surface area contributed by atoms with E-state index in [1.165, 1.54) is 6.92 Å². The summed E-state index contributed by atoms with van der Waals surface area (Å²) in [5, 5.41) is 4.97. The van der Waals surface area contributed by atoms with E-state index in [0.717, 1.165) is 37.0 Å². The Morgan fingerprint density at radius 3 is 2.34 bits per heavy atom. The Morgan fingerprint density at radius 1 is 1.07 bits per heavy atom. The molecule has 0 heterocycles. The summed E-state index contributed by atoms with van der Waals surface area (Å²) in [6.07, 6.45) is 5.79. The number of nitrogens with one attached hydrogen (secondary N) is 2. The van der Waals surface area contributed by atoms with E-state index in [0.29, 0.717) is 5.56 Å². The lowest BCUT2D eigenvalue weighted by Crippen LogP contribution is -2.48. The summed E-state index contributed by atoms with van der Waals surface area (Å²) in [4.78, 5) is 49.1. The molecule has 158 valence electrons. The Balaban J connectivity index is 1.70. The van der Waals surface area contributed by atoms with Gasteiger partial charge in [0.25, 0.3) is 5.91 Å².